The monoisotopic (exact) mass is 379 g/mol. The van der Waals surface area contributed by atoms with Crippen LogP contribution < -0.4 is 4.90 Å². The average Bonchev–Trinajstić information content (AvgIpc) is 2.81. The lowest BCUT2D eigenvalue weighted by molar-refractivity contribution is 0.0895. The third-order valence-electron chi connectivity index (χ3n) is 4.36. The van der Waals surface area contributed by atoms with Crippen molar-refractivity contribution >= 4 is 17.8 Å². The van der Waals surface area contributed by atoms with Crippen LogP contribution in [0.15, 0.2) is 103 Å². The zero-order valence-corrected chi connectivity index (χ0v) is 15.5. The molecule has 0 radical (unpaired) electrons. The van der Waals surface area contributed by atoms with Crippen molar-refractivity contribution in [1.29, 1.82) is 0 Å². The summed E-state index contributed by atoms with van der Waals surface area (Å²) in [6.45, 7) is 0. The maximum absolute atomic E-state index is 13.2. The number of carbonyl (C=O) groups is 2. The topological polar surface area (TPSA) is 63.2 Å². The molecular formula is C24H17N3O2. The summed E-state index contributed by atoms with van der Waals surface area (Å²) in [6.07, 6.45) is 1.55. The molecular weight excluding hydrogens is 362 g/mol. The molecule has 0 atom stereocenters. The molecule has 0 unspecified atom stereocenters. The van der Waals surface area contributed by atoms with Gasteiger partial charge in [-0.15, -0.1) is 0 Å². The van der Waals surface area contributed by atoms with Gasteiger partial charge in [0.1, 0.15) is 0 Å². The Balaban J connectivity index is 1.81. The van der Waals surface area contributed by atoms with Crippen LogP contribution in [-0.2, 0) is 0 Å². The Kier molecular flexibility index (Phi) is 5.21. The summed E-state index contributed by atoms with van der Waals surface area (Å²) in [7, 11) is 0. The quantitative estimate of drug-likeness (QED) is 0.485. The molecule has 5 nitrogen and oxygen atoms in total. The fraction of sp³-hybridized carbons (Fsp3) is 0. The van der Waals surface area contributed by atoms with Gasteiger partial charge in [0.2, 0.25) is 5.95 Å². The summed E-state index contributed by atoms with van der Waals surface area (Å²) in [4.78, 5) is 36.2. The molecule has 3 aromatic carbocycles. The Labute approximate surface area is 168 Å². The summed E-state index contributed by atoms with van der Waals surface area (Å²) in [5, 5.41) is 0. The summed E-state index contributed by atoms with van der Waals surface area (Å²) in [5.41, 5.74) is 2.26. The molecule has 0 aliphatic rings. The first kappa shape index (κ1) is 18.3. The first-order chi connectivity index (χ1) is 14.2. The Hall–Kier alpha value is -4.12. The van der Waals surface area contributed by atoms with Crippen LogP contribution in [0.3, 0.4) is 0 Å². The van der Waals surface area contributed by atoms with Crippen molar-refractivity contribution in [1.82, 2.24) is 9.97 Å². The van der Waals surface area contributed by atoms with Crippen molar-refractivity contribution in [2.45, 2.75) is 0 Å². The van der Waals surface area contributed by atoms with Crippen molar-refractivity contribution < 1.29 is 9.59 Å². The maximum Gasteiger partial charge on any atom is 0.267 e. The zero-order chi connectivity index (χ0) is 20.1. The summed E-state index contributed by atoms with van der Waals surface area (Å²) < 4.78 is 0. The molecule has 0 aliphatic carbocycles. The van der Waals surface area contributed by atoms with Crippen LogP contribution in [0.25, 0.3) is 11.3 Å². The second-order valence-corrected chi connectivity index (χ2v) is 6.29. The second-order valence-electron chi connectivity index (χ2n) is 6.29. The molecule has 4 rings (SSSR count). The van der Waals surface area contributed by atoms with Gasteiger partial charge in [0.25, 0.3) is 11.8 Å². The first-order valence-electron chi connectivity index (χ1n) is 9.11. The summed E-state index contributed by atoms with van der Waals surface area (Å²) in [6, 6.07) is 28.6. The van der Waals surface area contributed by atoms with E-state index in [4.69, 9.17) is 0 Å². The van der Waals surface area contributed by atoms with Crippen molar-refractivity contribution in [2.24, 2.45) is 0 Å². The highest BCUT2D eigenvalue weighted by Crippen LogP contribution is 2.21. The Bertz CT molecular complexity index is 1080. The van der Waals surface area contributed by atoms with E-state index in [2.05, 4.69) is 9.97 Å². The number of rotatable bonds is 4. The van der Waals surface area contributed by atoms with Crippen molar-refractivity contribution in [3.05, 3.63) is 114 Å². The smallest absolute Gasteiger partial charge is 0.267 e. The third kappa shape index (κ3) is 3.94. The van der Waals surface area contributed by atoms with E-state index in [-0.39, 0.29) is 5.95 Å². The van der Waals surface area contributed by atoms with Crippen LogP contribution in [0.2, 0.25) is 0 Å². The third-order valence-corrected chi connectivity index (χ3v) is 4.36. The lowest BCUT2D eigenvalue weighted by Crippen LogP contribution is -2.38. The van der Waals surface area contributed by atoms with Crippen LogP contribution in [0.5, 0.6) is 0 Å². The van der Waals surface area contributed by atoms with Gasteiger partial charge < -0.3 is 0 Å². The van der Waals surface area contributed by atoms with Gasteiger partial charge in [-0.05, 0) is 30.3 Å². The van der Waals surface area contributed by atoms with E-state index in [9.17, 15) is 9.59 Å². The lowest BCUT2D eigenvalue weighted by atomic mass is 10.1. The van der Waals surface area contributed by atoms with Gasteiger partial charge in [0.15, 0.2) is 0 Å². The molecule has 1 aromatic heterocycles. The number of carbonyl (C=O) groups excluding carboxylic acids is 2. The normalized spacial score (nSPS) is 10.3. The lowest BCUT2D eigenvalue weighted by Gasteiger charge is -2.19. The van der Waals surface area contributed by atoms with Crippen molar-refractivity contribution in [3.63, 3.8) is 0 Å². The molecule has 5 heteroatoms. The van der Waals surface area contributed by atoms with E-state index in [1.165, 1.54) is 0 Å². The largest absolute Gasteiger partial charge is 0.268 e. The molecule has 1 heterocycles. The molecule has 0 saturated heterocycles. The minimum Gasteiger partial charge on any atom is -0.268 e. The van der Waals surface area contributed by atoms with Crippen molar-refractivity contribution in [3.8, 4) is 11.3 Å². The molecule has 2 amide bonds. The molecule has 29 heavy (non-hydrogen) atoms. The van der Waals surface area contributed by atoms with E-state index in [1.54, 1.807) is 60.8 Å². The SMILES string of the molecule is O=C(c1ccccc1)N(C(=O)c1ccccc1)c1nccc(-c2ccccc2)n1. The highest BCUT2D eigenvalue weighted by Gasteiger charge is 2.28. The van der Waals surface area contributed by atoms with Gasteiger partial charge in [0, 0.05) is 22.9 Å². The Morgan fingerprint density at radius 3 is 1.62 bits per heavy atom. The molecule has 0 aliphatic heterocycles. The molecule has 0 fully saturated rings. The van der Waals surface area contributed by atoms with E-state index in [1.807, 2.05) is 42.5 Å². The van der Waals surface area contributed by atoms with Crippen molar-refractivity contribution in [2.75, 3.05) is 4.90 Å². The maximum atomic E-state index is 13.2. The van der Waals surface area contributed by atoms with Crippen LogP contribution in [0.1, 0.15) is 20.7 Å². The van der Waals surface area contributed by atoms with Gasteiger partial charge >= 0.3 is 0 Å². The molecule has 4 aromatic rings. The molecule has 0 bridgehead atoms. The number of anilines is 1. The van der Waals surface area contributed by atoms with Crippen LogP contribution in [0.4, 0.5) is 5.95 Å². The van der Waals surface area contributed by atoms with E-state index >= 15 is 0 Å². The Morgan fingerprint density at radius 2 is 1.10 bits per heavy atom. The minimum absolute atomic E-state index is 0.0362. The van der Waals surface area contributed by atoms with Crippen LogP contribution >= 0.6 is 0 Å². The van der Waals surface area contributed by atoms with Gasteiger partial charge in [-0.2, -0.15) is 0 Å². The number of hydrogen-bond donors (Lipinski definition) is 0. The number of aromatic nitrogens is 2. The van der Waals surface area contributed by atoms with Gasteiger partial charge in [-0.3, -0.25) is 9.59 Å². The van der Waals surface area contributed by atoms with Gasteiger partial charge in [-0.1, -0.05) is 66.7 Å². The highest BCUT2D eigenvalue weighted by molar-refractivity contribution is 6.24. The van der Waals surface area contributed by atoms with E-state index in [0.29, 0.717) is 16.8 Å². The van der Waals surface area contributed by atoms with Gasteiger partial charge in [-0.25, -0.2) is 14.9 Å². The summed E-state index contributed by atoms with van der Waals surface area (Å²) in [5.74, 6) is -0.927. The standard InChI is InChI=1S/C24H17N3O2/c28-22(19-12-6-2-7-13-19)27(23(29)20-14-8-3-9-15-20)24-25-17-16-21(26-24)18-10-4-1-5-11-18/h1-17H. The summed E-state index contributed by atoms with van der Waals surface area (Å²) >= 11 is 0. The van der Waals surface area contributed by atoms with Crippen LogP contribution in [0, 0.1) is 0 Å². The molecule has 0 spiro atoms. The predicted octanol–water partition coefficient (Wildman–Crippen LogP) is 4.63. The highest BCUT2D eigenvalue weighted by atomic mass is 16.2. The number of hydrogen-bond acceptors (Lipinski definition) is 4. The zero-order valence-electron chi connectivity index (χ0n) is 15.5. The molecule has 0 saturated carbocycles. The van der Waals surface area contributed by atoms with E-state index in [0.717, 1.165) is 10.5 Å². The van der Waals surface area contributed by atoms with Gasteiger partial charge in [0.05, 0.1) is 5.69 Å². The van der Waals surface area contributed by atoms with Crippen LogP contribution in [-0.4, -0.2) is 21.8 Å². The van der Waals surface area contributed by atoms with E-state index < -0.39 is 11.8 Å². The minimum atomic E-state index is -0.482. The number of imide groups is 1. The number of nitrogens with zero attached hydrogens (tertiary/aromatic N) is 3. The number of benzene rings is 3. The molecule has 140 valence electrons. The molecule has 0 N–H and O–H groups in total. The Morgan fingerprint density at radius 1 is 0.621 bits per heavy atom. The number of amides is 2. The second kappa shape index (κ2) is 8.27. The average molecular weight is 379 g/mol. The fourth-order valence-electron chi connectivity index (χ4n) is 2.92. The fourth-order valence-corrected chi connectivity index (χ4v) is 2.92. The predicted molar refractivity (Wildman–Crippen MR) is 111 cm³/mol. The first-order valence-corrected chi connectivity index (χ1v) is 9.11.